The SMILES string of the molecule is C[C@@H](NS(=O)(=O)c1cccc(C(=O)OCC#N)c1)c1ccccc1. The highest BCUT2D eigenvalue weighted by molar-refractivity contribution is 7.89. The summed E-state index contributed by atoms with van der Waals surface area (Å²) in [6, 6.07) is 15.9. The fraction of sp³-hybridized carbons (Fsp3) is 0.176. The van der Waals surface area contributed by atoms with E-state index in [0.717, 1.165) is 5.56 Å². The minimum atomic E-state index is -3.81. The van der Waals surface area contributed by atoms with Crippen molar-refractivity contribution in [1.82, 2.24) is 4.72 Å². The molecule has 0 unspecified atom stereocenters. The molecule has 24 heavy (non-hydrogen) atoms. The molecule has 0 bridgehead atoms. The Morgan fingerprint density at radius 2 is 1.92 bits per heavy atom. The summed E-state index contributed by atoms with van der Waals surface area (Å²) >= 11 is 0. The van der Waals surface area contributed by atoms with Crippen LogP contribution in [-0.2, 0) is 14.8 Å². The predicted octanol–water partition coefficient (Wildman–Crippen LogP) is 2.41. The Kier molecular flexibility index (Phi) is 5.68. The molecule has 0 amide bonds. The lowest BCUT2D eigenvalue weighted by Crippen LogP contribution is -2.27. The summed E-state index contributed by atoms with van der Waals surface area (Å²) in [5.41, 5.74) is 0.895. The van der Waals surface area contributed by atoms with Gasteiger partial charge in [0.2, 0.25) is 10.0 Å². The van der Waals surface area contributed by atoms with Gasteiger partial charge in [-0.1, -0.05) is 36.4 Å². The first-order valence-electron chi connectivity index (χ1n) is 7.15. The van der Waals surface area contributed by atoms with Gasteiger partial charge in [0.15, 0.2) is 6.61 Å². The van der Waals surface area contributed by atoms with Crippen LogP contribution >= 0.6 is 0 Å². The average molecular weight is 344 g/mol. The summed E-state index contributed by atoms with van der Waals surface area (Å²) in [6.07, 6.45) is 0. The van der Waals surface area contributed by atoms with E-state index in [-0.39, 0.29) is 17.1 Å². The van der Waals surface area contributed by atoms with E-state index < -0.39 is 22.0 Å². The standard InChI is InChI=1S/C17H16N2O4S/c1-13(14-6-3-2-4-7-14)19-24(21,22)16-9-5-8-15(12-16)17(20)23-11-10-18/h2-9,12-13,19H,11H2,1H3/t13-/m1/s1. The molecule has 1 N–H and O–H groups in total. The molecule has 0 fully saturated rings. The van der Waals surface area contributed by atoms with E-state index in [2.05, 4.69) is 9.46 Å². The van der Waals surface area contributed by atoms with Crippen molar-refractivity contribution in [2.75, 3.05) is 6.61 Å². The molecule has 0 saturated carbocycles. The highest BCUT2D eigenvalue weighted by atomic mass is 32.2. The minimum absolute atomic E-state index is 0.0447. The van der Waals surface area contributed by atoms with E-state index in [1.807, 2.05) is 30.3 Å². The molecule has 124 valence electrons. The van der Waals surface area contributed by atoms with Crippen LogP contribution in [-0.4, -0.2) is 21.0 Å². The lowest BCUT2D eigenvalue weighted by atomic mass is 10.1. The maximum atomic E-state index is 12.5. The molecule has 0 aliphatic rings. The molecular formula is C17H16N2O4S. The number of rotatable bonds is 6. The van der Waals surface area contributed by atoms with Gasteiger partial charge in [0.1, 0.15) is 6.07 Å². The van der Waals surface area contributed by atoms with Crippen molar-refractivity contribution < 1.29 is 17.9 Å². The zero-order valence-corrected chi connectivity index (χ0v) is 13.8. The zero-order chi connectivity index (χ0) is 17.6. The molecule has 0 aliphatic carbocycles. The largest absolute Gasteiger partial charge is 0.447 e. The first kappa shape index (κ1) is 17.7. The zero-order valence-electron chi connectivity index (χ0n) is 13.0. The van der Waals surface area contributed by atoms with Crippen molar-refractivity contribution in [2.45, 2.75) is 17.9 Å². The third kappa shape index (κ3) is 4.41. The van der Waals surface area contributed by atoms with E-state index in [4.69, 9.17) is 5.26 Å². The van der Waals surface area contributed by atoms with Gasteiger partial charge in [0.05, 0.1) is 10.5 Å². The van der Waals surface area contributed by atoms with Crippen LogP contribution in [0.15, 0.2) is 59.5 Å². The van der Waals surface area contributed by atoms with Gasteiger partial charge in [0.25, 0.3) is 0 Å². The molecule has 0 aliphatic heterocycles. The molecule has 0 radical (unpaired) electrons. The number of nitrogens with one attached hydrogen (secondary N) is 1. The molecular weight excluding hydrogens is 328 g/mol. The molecule has 6 nitrogen and oxygen atoms in total. The fourth-order valence-corrected chi connectivity index (χ4v) is 3.36. The van der Waals surface area contributed by atoms with E-state index in [1.54, 1.807) is 13.0 Å². The normalized spacial score (nSPS) is 12.2. The number of ether oxygens (including phenoxy) is 1. The van der Waals surface area contributed by atoms with E-state index >= 15 is 0 Å². The lowest BCUT2D eigenvalue weighted by molar-refractivity contribution is 0.0554. The maximum Gasteiger partial charge on any atom is 0.339 e. The summed E-state index contributed by atoms with van der Waals surface area (Å²) in [5.74, 6) is -0.746. The number of nitriles is 1. The second-order valence-corrected chi connectivity index (χ2v) is 6.73. The van der Waals surface area contributed by atoms with Crippen molar-refractivity contribution in [3.63, 3.8) is 0 Å². The van der Waals surface area contributed by atoms with E-state index in [9.17, 15) is 13.2 Å². The van der Waals surface area contributed by atoms with Crippen molar-refractivity contribution in [1.29, 1.82) is 5.26 Å². The number of esters is 1. The number of benzene rings is 2. The van der Waals surface area contributed by atoms with Crippen LogP contribution in [0.1, 0.15) is 28.9 Å². The van der Waals surface area contributed by atoms with Crippen LogP contribution in [0.2, 0.25) is 0 Å². The van der Waals surface area contributed by atoms with Gasteiger partial charge in [0, 0.05) is 6.04 Å². The monoisotopic (exact) mass is 344 g/mol. The number of carbonyl (C=O) groups is 1. The molecule has 0 spiro atoms. The maximum absolute atomic E-state index is 12.5. The molecule has 0 aromatic heterocycles. The summed E-state index contributed by atoms with van der Waals surface area (Å²) in [7, 11) is -3.81. The molecule has 1 atom stereocenters. The summed E-state index contributed by atoms with van der Waals surface area (Å²) in [6.45, 7) is 1.34. The van der Waals surface area contributed by atoms with Gasteiger partial charge in [-0.3, -0.25) is 0 Å². The smallest absolute Gasteiger partial charge is 0.339 e. The third-order valence-corrected chi connectivity index (χ3v) is 4.82. The van der Waals surface area contributed by atoms with Gasteiger partial charge in [-0.2, -0.15) is 5.26 Å². The van der Waals surface area contributed by atoms with Crippen molar-refractivity contribution >= 4 is 16.0 Å². The van der Waals surface area contributed by atoms with Crippen molar-refractivity contribution in [2.24, 2.45) is 0 Å². The van der Waals surface area contributed by atoms with Crippen LogP contribution in [0.5, 0.6) is 0 Å². The molecule has 7 heteroatoms. The number of hydrogen-bond acceptors (Lipinski definition) is 5. The third-order valence-electron chi connectivity index (χ3n) is 3.28. The van der Waals surface area contributed by atoms with Crippen molar-refractivity contribution in [3.8, 4) is 6.07 Å². The van der Waals surface area contributed by atoms with E-state index in [1.165, 1.54) is 24.3 Å². The first-order valence-corrected chi connectivity index (χ1v) is 8.64. The second kappa shape index (κ2) is 7.73. The number of carbonyl (C=O) groups excluding carboxylic acids is 1. The molecule has 0 heterocycles. The highest BCUT2D eigenvalue weighted by Crippen LogP contribution is 2.18. The Bertz CT molecular complexity index is 858. The number of sulfonamides is 1. The Hall–Kier alpha value is -2.69. The molecule has 2 aromatic rings. The molecule has 2 aromatic carbocycles. The van der Waals surface area contributed by atoms with Gasteiger partial charge in [-0.25, -0.2) is 17.9 Å². The Morgan fingerprint density at radius 3 is 2.58 bits per heavy atom. The van der Waals surface area contributed by atoms with Crippen LogP contribution in [0.25, 0.3) is 0 Å². The predicted molar refractivity (Wildman–Crippen MR) is 87.5 cm³/mol. The summed E-state index contributed by atoms with van der Waals surface area (Å²) in [4.78, 5) is 11.7. The Morgan fingerprint density at radius 1 is 1.21 bits per heavy atom. The first-order chi connectivity index (χ1) is 11.4. The number of nitrogens with zero attached hydrogens (tertiary/aromatic N) is 1. The van der Waals surface area contributed by atoms with E-state index in [0.29, 0.717) is 0 Å². The quantitative estimate of drug-likeness (QED) is 0.812. The topological polar surface area (TPSA) is 96.3 Å². The summed E-state index contributed by atoms with van der Waals surface area (Å²) < 4.78 is 32.2. The van der Waals surface area contributed by atoms with Crippen LogP contribution in [0.4, 0.5) is 0 Å². The molecule has 2 rings (SSSR count). The average Bonchev–Trinajstić information content (AvgIpc) is 2.60. The number of hydrogen-bond donors (Lipinski definition) is 1. The van der Waals surface area contributed by atoms with Gasteiger partial charge in [-0.15, -0.1) is 0 Å². The van der Waals surface area contributed by atoms with Crippen LogP contribution in [0, 0.1) is 11.3 Å². The highest BCUT2D eigenvalue weighted by Gasteiger charge is 2.20. The minimum Gasteiger partial charge on any atom is -0.447 e. The second-order valence-electron chi connectivity index (χ2n) is 5.02. The Labute approximate surface area is 140 Å². The fourth-order valence-electron chi connectivity index (χ4n) is 2.08. The lowest BCUT2D eigenvalue weighted by Gasteiger charge is -2.15. The van der Waals surface area contributed by atoms with Gasteiger partial charge >= 0.3 is 5.97 Å². The van der Waals surface area contributed by atoms with Gasteiger partial charge in [-0.05, 0) is 30.7 Å². The van der Waals surface area contributed by atoms with Crippen LogP contribution in [0.3, 0.4) is 0 Å². The van der Waals surface area contributed by atoms with Crippen LogP contribution < -0.4 is 4.72 Å². The Balaban J connectivity index is 2.20. The molecule has 0 saturated heterocycles. The van der Waals surface area contributed by atoms with Gasteiger partial charge < -0.3 is 4.74 Å². The van der Waals surface area contributed by atoms with Crippen molar-refractivity contribution in [3.05, 3.63) is 65.7 Å². The summed E-state index contributed by atoms with van der Waals surface area (Å²) in [5, 5.41) is 8.42.